The number of ether oxygens (including phenoxy) is 2. The number of hydrogen-bond acceptors (Lipinski definition) is 4. The third-order valence-corrected chi connectivity index (χ3v) is 3.41. The van der Waals surface area contributed by atoms with Gasteiger partial charge in [-0.2, -0.15) is 13.2 Å². The largest absolute Gasteiger partial charge is 0.462 e. The van der Waals surface area contributed by atoms with E-state index < -0.39 is 29.1 Å². The number of carbonyl (C=O) groups is 2. The Labute approximate surface area is 132 Å². The van der Waals surface area contributed by atoms with E-state index in [-0.39, 0.29) is 18.8 Å². The van der Waals surface area contributed by atoms with Gasteiger partial charge < -0.3 is 9.47 Å². The van der Waals surface area contributed by atoms with E-state index in [9.17, 15) is 22.8 Å². The fourth-order valence-electron chi connectivity index (χ4n) is 1.51. The Kier molecular flexibility index (Phi) is 6.18. The van der Waals surface area contributed by atoms with Crippen LogP contribution >= 0.6 is 0 Å². The lowest BCUT2D eigenvalue weighted by atomic mass is 9.91. The maximum absolute atomic E-state index is 12.6. The van der Waals surface area contributed by atoms with Crippen molar-refractivity contribution in [3.05, 3.63) is 35.4 Å². The van der Waals surface area contributed by atoms with Gasteiger partial charge in [0.15, 0.2) is 0 Å². The van der Waals surface area contributed by atoms with E-state index >= 15 is 0 Å². The Hall–Kier alpha value is -2.05. The molecule has 23 heavy (non-hydrogen) atoms. The van der Waals surface area contributed by atoms with Crippen molar-refractivity contribution in [1.82, 2.24) is 0 Å². The van der Waals surface area contributed by atoms with Gasteiger partial charge in [-0.05, 0) is 38.5 Å². The van der Waals surface area contributed by atoms with Crippen LogP contribution in [0.2, 0.25) is 0 Å². The molecular formula is C16H19F3O4. The zero-order valence-corrected chi connectivity index (χ0v) is 13.2. The van der Waals surface area contributed by atoms with Crippen molar-refractivity contribution >= 4 is 11.9 Å². The summed E-state index contributed by atoms with van der Waals surface area (Å²) in [6, 6.07) is 3.94. The second-order valence-electron chi connectivity index (χ2n) is 5.59. The van der Waals surface area contributed by atoms with E-state index in [1.54, 1.807) is 13.8 Å². The molecule has 0 N–H and O–H groups in total. The van der Waals surface area contributed by atoms with Crippen LogP contribution in [-0.4, -0.2) is 25.2 Å². The van der Waals surface area contributed by atoms with Crippen molar-refractivity contribution in [2.45, 2.75) is 33.4 Å². The normalized spacial score (nSPS) is 11.9. The summed E-state index contributed by atoms with van der Waals surface area (Å²) < 4.78 is 47.5. The molecule has 0 aliphatic carbocycles. The summed E-state index contributed by atoms with van der Waals surface area (Å²) in [5.74, 6) is -1.32. The summed E-state index contributed by atoms with van der Waals surface area (Å²) in [7, 11) is 0. The first kappa shape index (κ1) is 19.0. The molecule has 1 aromatic carbocycles. The van der Waals surface area contributed by atoms with Crippen LogP contribution in [0.4, 0.5) is 13.2 Å². The van der Waals surface area contributed by atoms with Gasteiger partial charge in [0.25, 0.3) is 0 Å². The second-order valence-corrected chi connectivity index (χ2v) is 5.59. The maximum atomic E-state index is 12.6. The Morgan fingerprint density at radius 3 is 2.26 bits per heavy atom. The molecular weight excluding hydrogens is 313 g/mol. The molecule has 0 spiro atoms. The number of carbonyl (C=O) groups excluding carboxylic acids is 2. The van der Waals surface area contributed by atoms with Gasteiger partial charge in [-0.15, -0.1) is 0 Å². The predicted octanol–water partition coefficient (Wildman–Crippen LogP) is 3.84. The second kappa shape index (κ2) is 7.48. The van der Waals surface area contributed by atoms with E-state index in [1.807, 2.05) is 6.92 Å². The number of esters is 2. The highest BCUT2D eigenvalue weighted by Gasteiger charge is 2.31. The SMILES string of the molecule is CCC(C)(C)C(=O)OCCOC(=O)c1cccc(C(F)(F)F)c1. The standard InChI is InChI=1S/C16H19F3O4/c1-4-15(2,3)14(21)23-9-8-22-13(20)11-6-5-7-12(10-11)16(17,18)19/h5-7,10H,4,8-9H2,1-3H3. The van der Waals surface area contributed by atoms with Crippen LogP contribution in [-0.2, 0) is 20.4 Å². The van der Waals surface area contributed by atoms with Crippen molar-refractivity contribution in [2.24, 2.45) is 5.41 Å². The monoisotopic (exact) mass is 332 g/mol. The van der Waals surface area contributed by atoms with Gasteiger partial charge in [0, 0.05) is 0 Å². The van der Waals surface area contributed by atoms with Crippen LogP contribution in [0.15, 0.2) is 24.3 Å². The summed E-state index contributed by atoms with van der Waals surface area (Å²) in [6.45, 7) is 4.93. The molecule has 0 aliphatic rings. The molecule has 1 rings (SSSR count). The van der Waals surface area contributed by atoms with Crippen molar-refractivity contribution in [3.63, 3.8) is 0 Å². The highest BCUT2D eigenvalue weighted by atomic mass is 19.4. The minimum atomic E-state index is -4.53. The van der Waals surface area contributed by atoms with E-state index in [1.165, 1.54) is 6.07 Å². The van der Waals surface area contributed by atoms with Crippen molar-refractivity contribution < 1.29 is 32.2 Å². The molecule has 0 unspecified atom stereocenters. The van der Waals surface area contributed by atoms with E-state index in [0.29, 0.717) is 12.5 Å². The van der Waals surface area contributed by atoms with Gasteiger partial charge in [-0.25, -0.2) is 4.79 Å². The molecule has 0 radical (unpaired) electrons. The summed E-state index contributed by atoms with van der Waals surface area (Å²) in [5.41, 5.74) is -1.77. The third kappa shape index (κ3) is 5.58. The van der Waals surface area contributed by atoms with Crippen LogP contribution in [0.5, 0.6) is 0 Å². The molecule has 0 saturated carbocycles. The van der Waals surface area contributed by atoms with Crippen LogP contribution in [0.1, 0.15) is 43.1 Å². The van der Waals surface area contributed by atoms with Crippen molar-refractivity contribution in [2.75, 3.05) is 13.2 Å². The molecule has 7 heteroatoms. The first-order valence-electron chi connectivity index (χ1n) is 7.09. The molecule has 1 aromatic rings. The van der Waals surface area contributed by atoms with Gasteiger partial charge in [0.2, 0.25) is 0 Å². The molecule has 128 valence electrons. The summed E-state index contributed by atoms with van der Waals surface area (Å²) in [6.07, 6.45) is -3.94. The van der Waals surface area contributed by atoms with Crippen LogP contribution < -0.4 is 0 Å². The van der Waals surface area contributed by atoms with Gasteiger partial charge in [0.1, 0.15) is 13.2 Å². The van der Waals surface area contributed by atoms with Crippen molar-refractivity contribution in [1.29, 1.82) is 0 Å². The average Bonchev–Trinajstić information content (AvgIpc) is 2.50. The molecule has 0 heterocycles. The number of hydrogen-bond donors (Lipinski definition) is 0. The molecule has 0 saturated heterocycles. The Balaban J connectivity index is 2.51. The van der Waals surface area contributed by atoms with E-state index in [2.05, 4.69) is 0 Å². The van der Waals surface area contributed by atoms with Gasteiger partial charge in [0.05, 0.1) is 16.5 Å². The first-order chi connectivity index (χ1) is 10.6. The average molecular weight is 332 g/mol. The van der Waals surface area contributed by atoms with Gasteiger partial charge in [-0.3, -0.25) is 4.79 Å². The minimum Gasteiger partial charge on any atom is -0.462 e. The zero-order chi connectivity index (χ0) is 17.7. The Bertz CT molecular complexity index is 565. The highest BCUT2D eigenvalue weighted by molar-refractivity contribution is 5.89. The quantitative estimate of drug-likeness (QED) is 0.587. The fourth-order valence-corrected chi connectivity index (χ4v) is 1.51. The lowest BCUT2D eigenvalue weighted by molar-refractivity contribution is -0.155. The predicted molar refractivity (Wildman–Crippen MR) is 76.8 cm³/mol. The molecule has 0 atom stereocenters. The fraction of sp³-hybridized carbons (Fsp3) is 0.500. The summed E-state index contributed by atoms with van der Waals surface area (Å²) in [5, 5.41) is 0. The van der Waals surface area contributed by atoms with Gasteiger partial charge in [-0.1, -0.05) is 13.0 Å². The molecule has 0 bridgehead atoms. The van der Waals surface area contributed by atoms with Crippen molar-refractivity contribution in [3.8, 4) is 0 Å². The van der Waals surface area contributed by atoms with Crippen LogP contribution in [0, 0.1) is 5.41 Å². The highest BCUT2D eigenvalue weighted by Crippen LogP contribution is 2.29. The Morgan fingerprint density at radius 1 is 1.09 bits per heavy atom. The first-order valence-corrected chi connectivity index (χ1v) is 7.09. The summed E-state index contributed by atoms with van der Waals surface area (Å²) in [4.78, 5) is 23.4. The third-order valence-electron chi connectivity index (χ3n) is 3.41. The topological polar surface area (TPSA) is 52.6 Å². The van der Waals surface area contributed by atoms with Crippen LogP contribution in [0.3, 0.4) is 0 Å². The number of halogens is 3. The summed E-state index contributed by atoms with van der Waals surface area (Å²) >= 11 is 0. The number of alkyl halides is 3. The number of benzene rings is 1. The number of rotatable bonds is 6. The molecule has 4 nitrogen and oxygen atoms in total. The van der Waals surface area contributed by atoms with E-state index in [0.717, 1.165) is 12.1 Å². The molecule has 0 aliphatic heterocycles. The lowest BCUT2D eigenvalue weighted by Crippen LogP contribution is -2.27. The maximum Gasteiger partial charge on any atom is 0.416 e. The molecule has 0 fully saturated rings. The Morgan fingerprint density at radius 2 is 1.70 bits per heavy atom. The smallest absolute Gasteiger partial charge is 0.416 e. The zero-order valence-electron chi connectivity index (χ0n) is 13.2. The molecule has 0 aromatic heterocycles. The van der Waals surface area contributed by atoms with E-state index in [4.69, 9.17) is 9.47 Å². The minimum absolute atomic E-state index is 0.146. The van der Waals surface area contributed by atoms with Crippen LogP contribution in [0.25, 0.3) is 0 Å². The van der Waals surface area contributed by atoms with Gasteiger partial charge >= 0.3 is 18.1 Å². The lowest BCUT2D eigenvalue weighted by Gasteiger charge is -2.20. The molecule has 0 amide bonds.